The van der Waals surface area contributed by atoms with Gasteiger partial charge in [-0.25, -0.2) is 4.99 Å². The summed E-state index contributed by atoms with van der Waals surface area (Å²) in [6.45, 7) is 6.31. The lowest BCUT2D eigenvalue weighted by molar-refractivity contribution is 0.0827. The largest absolute Gasteiger partial charge is 0.468 e. The van der Waals surface area contributed by atoms with Crippen LogP contribution in [0.15, 0.2) is 52.1 Å². The molecule has 1 amide bonds. The lowest BCUT2D eigenvalue weighted by atomic mass is 10.1. The molecule has 1 aromatic carbocycles. The van der Waals surface area contributed by atoms with Gasteiger partial charge in [0.15, 0.2) is 5.96 Å². The molecule has 0 spiro atoms. The van der Waals surface area contributed by atoms with E-state index < -0.39 is 0 Å². The van der Waals surface area contributed by atoms with Crippen molar-refractivity contribution in [2.75, 3.05) is 40.3 Å². The van der Waals surface area contributed by atoms with Crippen LogP contribution < -0.4 is 10.6 Å². The molecule has 1 aliphatic rings. The van der Waals surface area contributed by atoms with Gasteiger partial charge in [-0.05, 0) is 62.7 Å². The van der Waals surface area contributed by atoms with Gasteiger partial charge < -0.3 is 20.0 Å². The normalized spacial score (nSPS) is 15.8. The number of carbonyl (C=O) groups excluding carboxylic acids is 1. The highest BCUT2D eigenvalue weighted by molar-refractivity contribution is 5.93. The van der Waals surface area contributed by atoms with Gasteiger partial charge in [-0.15, -0.1) is 0 Å². The highest BCUT2D eigenvalue weighted by Crippen LogP contribution is 2.24. The number of hydrogen-bond acceptors (Lipinski definition) is 4. The number of amides is 1. The first-order valence-corrected chi connectivity index (χ1v) is 10.7. The van der Waals surface area contributed by atoms with Crippen molar-refractivity contribution in [1.82, 2.24) is 20.4 Å². The van der Waals surface area contributed by atoms with Gasteiger partial charge in [0.2, 0.25) is 0 Å². The molecule has 0 bridgehead atoms. The first kappa shape index (κ1) is 21.9. The van der Waals surface area contributed by atoms with Crippen LogP contribution in [0.4, 0.5) is 0 Å². The third-order valence-corrected chi connectivity index (χ3v) is 5.29. The Kier molecular flexibility index (Phi) is 7.90. The lowest BCUT2D eigenvalue weighted by Gasteiger charge is -2.26. The van der Waals surface area contributed by atoms with Gasteiger partial charge in [-0.2, -0.15) is 0 Å². The molecule has 7 nitrogen and oxygen atoms in total. The number of aliphatic imine (C=N–C) groups is 1. The summed E-state index contributed by atoms with van der Waals surface area (Å²) in [4.78, 5) is 20.8. The fraction of sp³-hybridized carbons (Fsp3) is 0.478. The van der Waals surface area contributed by atoms with Gasteiger partial charge in [0, 0.05) is 32.7 Å². The van der Waals surface area contributed by atoms with Crippen molar-refractivity contribution in [3.63, 3.8) is 0 Å². The molecule has 1 atom stereocenters. The average molecular weight is 412 g/mol. The van der Waals surface area contributed by atoms with Crippen LogP contribution in [0, 0.1) is 0 Å². The van der Waals surface area contributed by atoms with Crippen molar-refractivity contribution in [2.24, 2.45) is 4.99 Å². The second kappa shape index (κ2) is 10.8. The predicted molar refractivity (Wildman–Crippen MR) is 120 cm³/mol. The molecule has 3 rings (SSSR count). The second-order valence-electron chi connectivity index (χ2n) is 7.75. The number of nitrogens with zero attached hydrogens (tertiary/aromatic N) is 3. The van der Waals surface area contributed by atoms with Gasteiger partial charge in [0.1, 0.15) is 5.76 Å². The van der Waals surface area contributed by atoms with Crippen molar-refractivity contribution in [1.29, 1.82) is 0 Å². The number of nitrogens with one attached hydrogen (secondary N) is 2. The van der Waals surface area contributed by atoms with Crippen LogP contribution in [-0.4, -0.2) is 61.9 Å². The van der Waals surface area contributed by atoms with Crippen molar-refractivity contribution >= 4 is 11.9 Å². The molecule has 0 radical (unpaired) electrons. The molecule has 0 saturated carbocycles. The van der Waals surface area contributed by atoms with Crippen LogP contribution >= 0.6 is 0 Å². The van der Waals surface area contributed by atoms with E-state index in [0.717, 1.165) is 43.5 Å². The van der Waals surface area contributed by atoms with Crippen molar-refractivity contribution in [2.45, 2.75) is 32.4 Å². The quantitative estimate of drug-likeness (QED) is 0.516. The summed E-state index contributed by atoms with van der Waals surface area (Å²) in [5, 5.41) is 6.79. The minimum absolute atomic E-state index is 0.00550. The molecule has 1 unspecified atom stereocenters. The third-order valence-electron chi connectivity index (χ3n) is 5.29. The van der Waals surface area contributed by atoms with E-state index >= 15 is 0 Å². The molecule has 2 N–H and O–H groups in total. The van der Waals surface area contributed by atoms with Crippen molar-refractivity contribution < 1.29 is 9.21 Å². The van der Waals surface area contributed by atoms with E-state index in [2.05, 4.69) is 22.5 Å². The van der Waals surface area contributed by atoms with Gasteiger partial charge in [-0.1, -0.05) is 12.1 Å². The smallest absolute Gasteiger partial charge is 0.253 e. The fourth-order valence-electron chi connectivity index (χ4n) is 3.66. The number of carbonyl (C=O) groups is 1. The maximum atomic E-state index is 12.0. The monoisotopic (exact) mass is 411 g/mol. The number of guanidine groups is 1. The molecular weight excluding hydrogens is 378 g/mol. The number of furan rings is 1. The molecule has 1 saturated heterocycles. The maximum Gasteiger partial charge on any atom is 0.253 e. The van der Waals surface area contributed by atoms with E-state index in [1.807, 2.05) is 36.4 Å². The summed E-state index contributed by atoms with van der Waals surface area (Å²) >= 11 is 0. The van der Waals surface area contributed by atoms with Crippen molar-refractivity contribution in [3.8, 4) is 0 Å². The summed E-state index contributed by atoms with van der Waals surface area (Å²) < 4.78 is 5.70. The topological polar surface area (TPSA) is 73.1 Å². The van der Waals surface area contributed by atoms with Crippen LogP contribution in [0.25, 0.3) is 0 Å². The number of likely N-dealkylation sites (tertiary alicyclic amines) is 1. The predicted octanol–water partition coefficient (Wildman–Crippen LogP) is 2.87. The SMILES string of the molecule is CCNC(=NCc1ccc(C(=O)N(C)C)cc1)NCC(c1ccco1)N1CCCC1. The number of rotatable bonds is 8. The summed E-state index contributed by atoms with van der Waals surface area (Å²) in [5.74, 6) is 1.77. The van der Waals surface area contributed by atoms with Crippen LogP contribution in [0.1, 0.15) is 47.5 Å². The van der Waals surface area contributed by atoms with Crippen LogP contribution in [0.3, 0.4) is 0 Å². The zero-order valence-electron chi connectivity index (χ0n) is 18.2. The first-order chi connectivity index (χ1) is 14.6. The number of benzene rings is 1. The highest BCUT2D eigenvalue weighted by Gasteiger charge is 2.25. The van der Waals surface area contributed by atoms with Crippen LogP contribution in [-0.2, 0) is 6.54 Å². The van der Waals surface area contributed by atoms with Gasteiger partial charge in [0.25, 0.3) is 5.91 Å². The number of hydrogen-bond donors (Lipinski definition) is 2. The lowest BCUT2D eigenvalue weighted by Crippen LogP contribution is -2.42. The molecule has 2 aromatic rings. The van der Waals surface area contributed by atoms with Crippen LogP contribution in [0.2, 0.25) is 0 Å². The molecule has 1 aromatic heterocycles. The van der Waals surface area contributed by atoms with Gasteiger partial charge >= 0.3 is 0 Å². The molecular formula is C23H33N5O2. The van der Waals surface area contributed by atoms with Crippen LogP contribution in [0.5, 0.6) is 0 Å². The second-order valence-corrected chi connectivity index (χ2v) is 7.75. The zero-order chi connectivity index (χ0) is 21.3. The molecule has 7 heteroatoms. The molecule has 30 heavy (non-hydrogen) atoms. The van der Waals surface area contributed by atoms with E-state index in [1.54, 1.807) is 25.3 Å². The third kappa shape index (κ3) is 5.86. The Hall–Kier alpha value is -2.80. The molecule has 1 aliphatic heterocycles. The van der Waals surface area contributed by atoms with E-state index in [1.165, 1.54) is 12.8 Å². The standard InChI is InChI=1S/C23H33N5O2/c1-4-24-23(25-16-18-9-11-19(12-10-18)22(29)27(2)3)26-17-20(21-8-7-15-30-21)28-13-5-6-14-28/h7-12,15,20H,4-6,13-14,16-17H2,1-3H3,(H2,24,25,26). The van der Waals surface area contributed by atoms with Crippen molar-refractivity contribution in [3.05, 3.63) is 59.5 Å². The Morgan fingerprint density at radius 1 is 1.17 bits per heavy atom. The van der Waals surface area contributed by atoms with E-state index in [0.29, 0.717) is 12.1 Å². The summed E-state index contributed by atoms with van der Waals surface area (Å²) in [7, 11) is 3.51. The Morgan fingerprint density at radius 3 is 2.50 bits per heavy atom. The van der Waals surface area contributed by atoms with Gasteiger partial charge in [0.05, 0.1) is 18.8 Å². The summed E-state index contributed by atoms with van der Waals surface area (Å²) in [6, 6.07) is 11.8. The summed E-state index contributed by atoms with van der Waals surface area (Å²) in [5.41, 5.74) is 1.74. The maximum absolute atomic E-state index is 12.0. The summed E-state index contributed by atoms with van der Waals surface area (Å²) in [6.07, 6.45) is 4.21. The molecule has 2 heterocycles. The first-order valence-electron chi connectivity index (χ1n) is 10.7. The minimum Gasteiger partial charge on any atom is -0.468 e. The fourth-order valence-corrected chi connectivity index (χ4v) is 3.66. The van der Waals surface area contributed by atoms with E-state index in [9.17, 15) is 4.79 Å². The molecule has 0 aliphatic carbocycles. The highest BCUT2D eigenvalue weighted by atomic mass is 16.3. The Labute approximate surface area is 179 Å². The molecule has 1 fully saturated rings. The minimum atomic E-state index is 0.00550. The molecule has 162 valence electrons. The Bertz CT molecular complexity index is 809. The average Bonchev–Trinajstić information content (AvgIpc) is 3.47. The van der Waals surface area contributed by atoms with E-state index in [4.69, 9.17) is 9.41 Å². The van der Waals surface area contributed by atoms with Gasteiger partial charge in [-0.3, -0.25) is 9.69 Å². The van der Waals surface area contributed by atoms with E-state index in [-0.39, 0.29) is 11.9 Å². The Morgan fingerprint density at radius 2 is 1.90 bits per heavy atom. The zero-order valence-corrected chi connectivity index (χ0v) is 18.2. The Balaban J connectivity index is 1.63.